The van der Waals surface area contributed by atoms with Gasteiger partial charge in [-0.2, -0.15) is 5.10 Å². The molecule has 0 aliphatic heterocycles. The van der Waals surface area contributed by atoms with E-state index in [0.717, 1.165) is 16.8 Å². The van der Waals surface area contributed by atoms with Crippen LogP contribution in [0.4, 0.5) is 5.69 Å². The first-order valence-corrected chi connectivity index (χ1v) is 7.31. The second kappa shape index (κ2) is 7.21. The lowest BCUT2D eigenvalue weighted by molar-refractivity contribution is -0.385. The molecule has 0 fully saturated rings. The molecule has 0 aliphatic carbocycles. The topological polar surface area (TPSA) is 105 Å². The summed E-state index contributed by atoms with van der Waals surface area (Å²) < 4.78 is 0.828. The average Bonchev–Trinajstić information content (AvgIpc) is 2.50. The SMILES string of the molecule is O=C(NN=Cc1cc(Cl)cc([N+](=O)[O-])c1O)c1ccc(Br)cc1. The van der Waals surface area contributed by atoms with Crippen LogP contribution in [-0.2, 0) is 0 Å². The van der Waals surface area contributed by atoms with Gasteiger partial charge in [-0.3, -0.25) is 14.9 Å². The Labute approximate surface area is 143 Å². The summed E-state index contributed by atoms with van der Waals surface area (Å²) in [5, 5.41) is 24.3. The summed E-state index contributed by atoms with van der Waals surface area (Å²) in [5.74, 6) is -1.05. The number of nitrogens with zero attached hydrogens (tertiary/aromatic N) is 2. The predicted molar refractivity (Wildman–Crippen MR) is 89.0 cm³/mol. The first-order valence-electron chi connectivity index (χ1n) is 6.14. The highest BCUT2D eigenvalue weighted by molar-refractivity contribution is 9.10. The summed E-state index contributed by atoms with van der Waals surface area (Å²) in [4.78, 5) is 21.9. The maximum absolute atomic E-state index is 11.8. The molecule has 0 saturated heterocycles. The van der Waals surface area contributed by atoms with Gasteiger partial charge in [-0.25, -0.2) is 5.43 Å². The van der Waals surface area contributed by atoms with Gasteiger partial charge in [-0.1, -0.05) is 27.5 Å². The molecule has 0 radical (unpaired) electrons. The zero-order chi connectivity index (χ0) is 17.0. The minimum Gasteiger partial charge on any atom is -0.502 e. The fraction of sp³-hybridized carbons (Fsp3) is 0. The van der Waals surface area contributed by atoms with Gasteiger partial charge in [-0.15, -0.1) is 0 Å². The van der Waals surface area contributed by atoms with Crippen LogP contribution in [0, 0.1) is 10.1 Å². The smallest absolute Gasteiger partial charge is 0.312 e. The quantitative estimate of drug-likeness (QED) is 0.467. The number of carbonyl (C=O) groups is 1. The molecule has 0 aliphatic rings. The summed E-state index contributed by atoms with van der Waals surface area (Å²) >= 11 is 9.00. The second-order valence-corrected chi connectivity index (χ2v) is 5.68. The molecule has 118 valence electrons. The Morgan fingerprint density at radius 3 is 2.61 bits per heavy atom. The molecule has 7 nitrogen and oxygen atoms in total. The van der Waals surface area contributed by atoms with Gasteiger partial charge >= 0.3 is 5.69 Å². The number of nitrogens with one attached hydrogen (secondary N) is 1. The van der Waals surface area contributed by atoms with E-state index in [2.05, 4.69) is 26.5 Å². The van der Waals surface area contributed by atoms with Crippen molar-refractivity contribution < 1.29 is 14.8 Å². The molecule has 0 bridgehead atoms. The van der Waals surface area contributed by atoms with Crippen molar-refractivity contribution in [3.05, 3.63) is 67.1 Å². The fourth-order valence-electron chi connectivity index (χ4n) is 1.67. The van der Waals surface area contributed by atoms with Gasteiger partial charge in [0.05, 0.1) is 11.1 Å². The number of amides is 1. The van der Waals surface area contributed by atoms with E-state index < -0.39 is 22.3 Å². The number of halogens is 2. The molecule has 2 aromatic carbocycles. The van der Waals surface area contributed by atoms with Crippen LogP contribution >= 0.6 is 27.5 Å². The Hall–Kier alpha value is -2.45. The number of rotatable bonds is 4. The summed E-state index contributed by atoms with van der Waals surface area (Å²) in [6, 6.07) is 8.90. The Morgan fingerprint density at radius 2 is 2.00 bits per heavy atom. The monoisotopic (exact) mass is 397 g/mol. The lowest BCUT2D eigenvalue weighted by Gasteiger charge is -2.02. The fourth-order valence-corrected chi connectivity index (χ4v) is 2.15. The first kappa shape index (κ1) is 16.9. The van der Waals surface area contributed by atoms with Crippen molar-refractivity contribution in [2.75, 3.05) is 0 Å². The Kier molecular flexibility index (Phi) is 5.30. The predicted octanol–water partition coefficient (Wildman–Crippen LogP) is 3.48. The van der Waals surface area contributed by atoms with E-state index in [-0.39, 0.29) is 10.6 Å². The number of phenolic OH excluding ortho intramolecular Hbond substituents is 1. The van der Waals surface area contributed by atoms with Gasteiger partial charge in [0.15, 0.2) is 0 Å². The van der Waals surface area contributed by atoms with Crippen LogP contribution in [0.3, 0.4) is 0 Å². The van der Waals surface area contributed by atoms with Crippen LogP contribution in [0.5, 0.6) is 5.75 Å². The summed E-state index contributed by atoms with van der Waals surface area (Å²) in [6.07, 6.45) is 1.07. The van der Waals surface area contributed by atoms with Crippen molar-refractivity contribution in [2.24, 2.45) is 5.10 Å². The first-order chi connectivity index (χ1) is 10.9. The van der Waals surface area contributed by atoms with Gasteiger partial charge in [0.2, 0.25) is 5.75 Å². The molecule has 2 rings (SSSR count). The highest BCUT2D eigenvalue weighted by Crippen LogP contribution is 2.32. The maximum atomic E-state index is 11.8. The summed E-state index contributed by atoms with van der Waals surface area (Å²) in [6.45, 7) is 0. The molecule has 2 aromatic rings. The third kappa shape index (κ3) is 4.27. The molecular weight excluding hydrogens is 390 g/mol. The number of hydrazone groups is 1. The Bertz CT molecular complexity index is 793. The minimum atomic E-state index is -0.765. The van der Waals surface area contributed by atoms with Crippen LogP contribution < -0.4 is 5.43 Å². The van der Waals surface area contributed by atoms with E-state index in [9.17, 15) is 20.0 Å². The molecule has 1 amide bonds. The van der Waals surface area contributed by atoms with Crippen LogP contribution in [0.2, 0.25) is 5.02 Å². The molecule has 9 heteroatoms. The van der Waals surface area contributed by atoms with Crippen molar-refractivity contribution in [1.29, 1.82) is 0 Å². The number of benzene rings is 2. The zero-order valence-corrected chi connectivity index (χ0v) is 13.7. The molecule has 0 spiro atoms. The van der Waals surface area contributed by atoms with Crippen molar-refractivity contribution in [3.63, 3.8) is 0 Å². The van der Waals surface area contributed by atoms with Crippen molar-refractivity contribution in [1.82, 2.24) is 5.43 Å². The highest BCUT2D eigenvalue weighted by Gasteiger charge is 2.17. The second-order valence-electron chi connectivity index (χ2n) is 4.33. The van der Waals surface area contributed by atoms with Gasteiger partial charge in [0.25, 0.3) is 5.91 Å². The van der Waals surface area contributed by atoms with E-state index in [0.29, 0.717) is 5.56 Å². The van der Waals surface area contributed by atoms with E-state index in [1.165, 1.54) is 6.07 Å². The summed E-state index contributed by atoms with van der Waals surface area (Å²) in [5.41, 5.74) is 2.11. The van der Waals surface area contributed by atoms with Gasteiger partial charge < -0.3 is 5.11 Å². The van der Waals surface area contributed by atoms with Gasteiger partial charge in [0, 0.05) is 26.7 Å². The normalized spacial score (nSPS) is 10.7. The van der Waals surface area contributed by atoms with Gasteiger partial charge in [-0.05, 0) is 30.3 Å². The standard InChI is InChI=1S/C14H9BrClN3O4/c15-10-3-1-8(2-4-10)14(21)18-17-7-9-5-11(16)6-12(13(9)20)19(22)23/h1-7,20H,(H,18,21). The van der Waals surface area contributed by atoms with Crippen LogP contribution in [0.25, 0.3) is 0 Å². The van der Waals surface area contributed by atoms with Crippen LogP contribution in [0.15, 0.2) is 46.0 Å². The number of nitro groups is 1. The molecule has 23 heavy (non-hydrogen) atoms. The Morgan fingerprint density at radius 1 is 1.35 bits per heavy atom. The molecular formula is C14H9BrClN3O4. The number of hydrogen-bond donors (Lipinski definition) is 2. The minimum absolute atomic E-state index is 0.0142. The van der Waals surface area contributed by atoms with E-state index in [1.807, 2.05) is 0 Å². The number of hydrogen-bond acceptors (Lipinski definition) is 5. The maximum Gasteiger partial charge on any atom is 0.312 e. The van der Waals surface area contributed by atoms with E-state index in [1.54, 1.807) is 24.3 Å². The number of carbonyl (C=O) groups excluding carboxylic acids is 1. The molecule has 0 heterocycles. The lowest BCUT2D eigenvalue weighted by atomic mass is 10.2. The highest BCUT2D eigenvalue weighted by atomic mass is 79.9. The average molecular weight is 399 g/mol. The third-order valence-electron chi connectivity index (χ3n) is 2.76. The van der Waals surface area contributed by atoms with Crippen LogP contribution in [-0.4, -0.2) is 22.2 Å². The van der Waals surface area contributed by atoms with Crippen molar-refractivity contribution in [3.8, 4) is 5.75 Å². The molecule has 0 unspecified atom stereocenters. The van der Waals surface area contributed by atoms with E-state index in [4.69, 9.17) is 11.6 Å². The van der Waals surface area contributed by atoms with Crippen molar-refractivity contribution in [2.45, 2.75) is 0 Å². The lowest BCUT2D eigenvalue weighted by Crippen LogP contribution is -2.17. The molecule has 2 N–H and O–H groups in total. The number of nitro benzene ring substituents is 1. The molecule has 0 saturated carbocycles. The van der Waals surface area contributed by atoms with E-state index >= 15 is 0 Å². The van der Waals surface area contributed by atoms with Crippen molar-refractivity contribution >= 4 is 45.3 Å². The molecule has 0 aromatic heterocycles. The third-order valence-corrected chi connectivity index (χ3v) is 3.50. The van der Waals surface area contributed by atoms with Crippen LogP contribution in [0.1, 0.15) is 15.9 Å². The number of phenols is 1. The Balaban J connectivity index is 2.16. The molecule has 0 atom stereocenters. The largest absolute Gasteiger partial charge is 0.502 e. The zero-order valence-electron chi connectivity index (χ0n) is 11.4. The summed E-state index contributed by atoms with van der Waals surface area (Å²) in [7, 11) is 0. The number of aromatic hydroxyl groups is 1. The van der Waals surface area contributed by atoms with Gasteiger partial charge in [0.1, 0.15) is 0 Å².